The summed E-state index contributed by atoms with van der Waals surface area (Å²) in [4.78, 5) is 9.63. The van der Waals surface area contributed by atoms with Gasteiger partial charge in [-0.05, 0) is 91.6 Å². The van der Waals surface area contributed by atoms with Gasteiger partial charge in [0.05, 0.1) is 18.0 Å². The van der Waals surface area contributed by atoms with Crippen LogP contribution in [0.3, 0.4) is 0 Å². The van der Waals surface area contributed by atoms with E-state index in [1.807, 2.05) is 42.6 Å². The summed E-state index contributed by atoms with van der Waals surface area (Å²) in [5, 5.41) is 12.6. The van der Waals surface area contributed by atoms with E-state index < -0.39 is 9.84 Å². The number of fused-ring (bicyclic) bond motifs is 1. The molecule has 0 aliphatic rings. The van der Waals surface area contributed by atoms with Crippen LogP contribution in [0.2, 0.25) is 0 Å². The molecule has 0 saturated heterocycles. The van der Waals surface area contributed by atoms with Crippen molar-refractivity contribution in [1.82, 2.24) is 9.97 Å². The molecular formula is C38H33N3O4S3. The Balaban J connectivity index is 0.00000102. The predicted molar refractivity (Wildman–Crippen MR) is 196 cm³/mol. The number of aliphatic hydroxyl groups is 1. The second-order valence-corrected chi connectivity index (χ2v) is 12.7. The Labute approximate surface area is 290 Å². The van der Waals surface area contributed by atoms with Crippen molar-refractivity contribution in [2.45, 2.75) is 30.6 Å². The van der Waals surface area contributed by atoms with Gasteiger partial charge in [0, 0.05) is 17.0 Å². The van der Waals surface area contributed by atoms with Gasteiger partial charge in [-0.1, -0.05) is 72.0 Å². The number of nitrogens with zero attached hydrogens (tertiary/aromatic N) is 2. The zero-order valence-corrected chi connectivity index (χ0v) is 28.9. The number of rotatable bonds is 7. The monoisotopic (exact) mass is 691 g/mol. The van der Waals surface area contributed by atoms with Crippen molar-refractivity contribution in [1.29, 1.82) is 0 Å². The number of thiazole rings is 1. The van der Waals surface area contributed by atoms with E-state index in [-0.39, 0.29) is 22.3 Å². The van der Waals surface area contributed by atoms with E-state index >= 15 is 0 Å². The molecule has 1 aromatic carbocycles. The topological polar surface area (TPSA) is 126 Å². The first-order chi connectivity index (χ1) is 23.2. The number of hydrogen-bond donors (Lipinski definition) is 2. The summed E-state index contributed by atoms with van der Waals surface area (Å²) >= 11 is 2.59. The number of nitrogens with two attached hydrogens (primary N) is 1. The summed E-state index contributed by atoms with van der Waals surface area (Å²) in [5.74, 6) is 0.0698. The van der Waals surface area contributed by atoms with Gasteiger partial charge >= 0.3 is 11.3 Å². The number of aromatic nitrogens is 2. The van der Waals surface area contributed by atoms with Gasteiger partial charge in [0.25, 0.3) is 0 Å². The molecule has 3 aromatic heterocycles. The first-order valence-electron chi connectivity index (χ1n) is 13.6. The SMILES string of the molecule is C=C=C=C=C.C=C=C=C=C.C=C=C=C=C=C.CCCCS(=O)(=O)c1sc2nc(-c3nccs3)cc(-c3ccc(CO)cc3)c2c1N.[C-]#[O+]. The molecule has 242 valence electrons. The normalized spacial score (nSPS) is 8.58. The van der Waals surface area contributed by atoms with Crippen LogP contribution in [-0.4, -0.2) is 29.2 Å². The number of hydrogen-bond acceptors (Lipinski definition) is 8. The molecule has 0 unspecified atom stereocenters. The van der Waals surface area contributed by atoms with E-state index in [0.29, 0.717) is 22.3 Å². The maximum absolute atomic E-state index is 12.9. The van der Waals surface area contributed by atoms with Gasteiger partial charge in [-0.25, -0.2) is 18.4 Å². The molecule has 0 radical (unpaired) electrons. The number of sulfone groups is 1. The molecule has 0 spiro atoms. The first-order valence-corrected chi connectivity index (χ1v) is 16.9. The van der Waals surface area contributed by atoms with Crippen molar-refractivity contribution in [3.05, 3.63) is 151 Å². The summed E-state index contributed by atoms with van der Waals surface area (Å²) in [5.41, 5.74) is 33.5. The fraction of sp³-hybridized carbons (Fsp3) is 0.132. The second-order valence-electron chi connectivity index (χ2n) is 8.46. The Morgan fingerprint density at radius 2 is 1.46 bits per heavy atom. The molecule has 48 heavy (non-hydrogen) atoms. The average molecular weight is 692 g/mol. The van der Waals surface area contributed by atoms with Gasteiger partial charge < -0.3 is 10.8 Å². The van der Waals surface area contributed by atoms with Crippen molar-refractivity contribution in [3.63, 3.8) is 0 Å². The Bertz CT molecular complexity index is 2080. The average Bonchev–Trinajstić information content (AvgIpc) is 3.78. The van der Waals surface area contributed by atoms with Crippen molar-refractivity contribution in [2.24, 2.45) is 0 Å². The van der Waals surface area contributed by atoms with Crippen LogP contribution in [0.5, 0.6) is 0 Å². The molecule has 0 aliphatic heterocycles. The molecule has 3 heterocycles. The van der Waals surface area contributed by atoms with Crippen LogP contribution in [0.1, 0.15) is 25.3 Å². The maximum atomic E-state index is 12.9. The third-order valence-electron chi connectivity index (χ3n) is 5.41. The molecule has 0 fully saturated rings. The quantitative estimate of drug-likeness (QED) is 0.114. The van der Waals surface area contributed by atoms with E-state index in [4.69, 9.17) is 15.4 Å². The molecule has 3 N–H and O–H groups in total. The molecule has 4 rings (SSSR count). The Kier molecular flexibility index (Phi) is 21.8. The summed E-state index contributed by atoms with van der Waals surface area (Å²) in [6.45, 7) is 25.7. The van der Waals surface area contributed by atoms with Crippen LogP contribution >= 0.6 is 22.7 Å². The molecule has 0 atom stereocenters. The summed E-state index contributed by atoms with van der Waals surface area (Å²) in [7, 11) is -3.48. The number of nitrogen functional groups attached to an aromatic ring is 1. The molecule has 0 saturated carbocycles. The predicted octanol–water partition coefficient (Wildman–Crippen LogP) is 8.66. The van der Waals surface area contributed by atoms with Crippen molar-refractivity contribution in [3.8, 4) is 21.8 Å². The Morgan fingerprint density at radius 1 is 0.917 bits per heavy atom. The summed E-state index contributed by atoms with van der Waals surface area (Å²) < 4.78 is 33.5. The van der Waals surface area contributed by atoms with Crippen LogP contribution in [0.15, 0.2) is 143 Å². The van der Waals surface area contributed by atoms with Crippen LogP contribution < -0.4 is 5.73 Å². The number of aliphatic hydroxyl groups excluding tert-OH is 1. The van der Waals surface area contributed by atoms with Crippen LogP contribution in [0.4, 0.5) is 5.69 Å². The Morgan fingerprint density at radius 3 is 1.88 bits per heavy atom. The number of anilines is 1. The number of thiophene rings is 1. The van der Waals surface area contributed by atoms with Gasteiger partial charge in [-0.2, -0.15) is 0 Å². The standard InChI is InChI=1S/C21H21N3O3S3.C6H4.2C5H4.CO/c1-2-3-10-30(26,27)21-18(22)17-15(14-6-4-13(12-25)5-7-14)11-16(24-20(17)29-21)19-23-8-9-28-19;1-3-5-6-4-2;2*1-3-5-4-2;1-2/h4-9,11,25H,2-3,10,12,22H2,1H3;1-2H2;2*1-2H2;. The van der Waals surface area contributed by atoms with Crippen LogP contribution in [-0.2, 0) is 21.1 Å². The molecule has 10 heteroatoms. The van der Waals surface area contributed by atoms with Crippen molar-refractivity contribution < 1.29 is 18.2 Å². The van der Waals surface area contributed by atoms with Gasteiger partial charge in [0.2, 0.25) is 0 Å². The van der Waals surface area contributed by atoms with E-state index in [9.17, 15) is 13.5 Å². The Hall–Kier alpha value is -5.57. The van der Waals surface area contributed by atoms with Crippen molar-refractivity contribution >= 4 is 48.4 Å². The molecule has 0 aliphatic carbocycles. The minimum absolute atomic E-state index is 0.0448. The molecular weight excluding hydrogens is 659 g/mol. The van der Waals surface area contributed by atoms with Crippen LogP contribution in [0, 0.1) is 6.65 Å². The summed E-state index contributed by atoms with van der Waals surface area (Å²) in [6.07, 6.45) is 3.09. The van der Waals surface area contributed by atoms with E-state index in [0.717, 1.165) is 39.5 Å². The third kappa shape index (κ3) is 13.8. The van der Waals surface area contributed by atoms with Gasteiger partial charge in [-0.15, -0.1) is 22.7 Å². The summed E-state index contributed by atoms with van der Waals surface area (Å²) in [6, 6.07) is 9.38. The fourth-order valence-corrected chi connectivity index (χ4v) is 7.19. The van der Waals surface area contributed by atoms with Gasteiger partial charge in [-0.3, -0.25) is 0 Å². The zero-order chi connectivity index (χ0) is 36.4. The second kappa shape index (κ2) is 24.6. The van der Waals surface area contributed by atoms with E-state index in [1.165, 1.54) is 11.3 Å². The van der Waals surface area contributed by atoms with Gasteiger partial charge in [0.15, 0.2) is 9.84 Å². The molecule has 7 nitrogen and oxygen atoms in total. The van der Waals surface area contributed by atoms with Crippen LogP contribution in [0.25, 0.3) is 32.0 Å². The van der Waals surface area contributed by atoms with E-state index in [2.05, 4.69) is 108 Å². The number of pyridine rings is 1. The van der Waals surface area contributed by atoms with Crippen molar-refractivity contribution in [2.75, 3.05) is 11.5 Å². The zero-order valence-electron chi connectivity index (χ0n) is 26.5. The van der Waals surface area contributed by atoms with E-state index in [1.54, 1.807) is 6.20 Å². The first kappa shape index (κ1) is 42.4. The molecule has 0 bridgehead atoms. The van der Waals surface area contributed by atoms with Gasteiger partial charge in [0.1, 0.15) is 19.7 Å². The third-order valence-corrected chi connectivity index (χ3v) is 9.72. The number of benzene rings is 1. The molecule has 4 aromatic rings. The minimum atomic E-state index is -3.48. The fourth-order valence-electron chi connectivity index (χ4n) is 3.45. The molecule has 0 amide bonds. The number of unbranched alkanes of at least 4 members (excludes halogenated alkanes) is 1.